The van der Waals surface area contributed by atoms with Gasteiger partial charge in [0.05, 0.1) is 26.9 Å². The van der Waals surface area contributed by atoms with Crippen LogP contribution in [0.4, 0.5) is 11.6 Å². The topological polar surface area (TPSA) is 99.5 Å². The molecule has 0 radical (unpaired) electrons. The normalized spacial score (nSPS) is 14.2. The lowest BCUT2D eigenvalue weighted by atomic mass is 9.94. The summed E-state index contributed by atoms with van der Waals surface area (Å²) >= 11 is 1.56. The van der Waals surface area contributed by atoms with Gasteiger partial charge in [0, 0.05) is 17.1 Å². The number of ether oxygens (including phenoxy) is 3. The first-order valence-electron chi connectivity index (χ1n) is 13.1. The first-order valence-corrected chi connectivity index (χ1v) is 14.1. The first-order chi connectivity index (χ1) is 19.8. The Labute approximate surface area is 243 Å². The van der Waals surface area contributed by atoms with E-state index in [1.54, 1.807) is 62.0 Å². The highest BCUT2D eigenvalue weighted by molar-refractivity contribution is 7.98. The zero-order chi connectivity index (χ0) is 29.1. The summed E-state index contributed by atoms with van der Waals surface area (Å²) in [5, 5.41) is 11.8. The van der Waals surface area contributed by atoms with Crippen LogP contribution in [0.3, 0.4) is 0 Å². The molecule has 9 nitrogen and oxygen atoms in total. The maximum absolute atomic E-state index is 13.8. The molecule has 0 bridgehead atoms. The number of allylic oxidation sites excluding steroid dienone is 1. The molecule has 5 rings (SSSR count). The van der Waals surface area contributed by atoms with Crippen molar-refractivity contribution < 1.29 is 19.0 Å². The van der Waals surface area contributed by atoms with Gasteiger partial charge in [0.25, 0.3) is 5.91 Å². The van der Waals surface area contributed by atoms with E-state index in [1.165, 1.54) is 16.7 Å². The van der Waals surface area contributed by atoms with Crippen LogP contribution in [-0.4, -0.2) is 42.0 Å². The van der Waals surface area contributed by atoms with Crippen LogP contribution >= 0.6 is 11.8 Å². The van der Waals surface area contributed by atoms with Crippen molar-refractivity contribution in [1.29, 1.82) is 0 Å². The van der Waals surface area contributed by atoms with E-state index in [-0.39, 0.29) is 5.91 Å². The summed E-state index contributed by atoms with van der Waals surface area (Å²) in [6, 6.07) is 18.7. The van der Waals surface area contributed by atoms with Gasteiger partial charge in [0.15, 0.2) is 11.5 Å². The standard InChI is InChI=1S/C31H33N5O4S/c1-18-7-8-22(19(2)15-18)17-41-31-34-30-32-20(3)27(29(37)33-23-10-12-24(38-4)13-11-23)28(36(30)35-31)21-9-14-25(39-5)26(16-21)40-6/h7-16,28H,17H2,1-6H3,(H,33,37)(H,32,34,35)/t28-/m0/s1. The summed E-state index contributed by atoms with van der Waals surface area (Å²) in [5.41, 5.74) is 6.34. The Hall–Kier alpha value is -4.44. The van der Waals surface area contributed by atoms with Crippen molar-refractivity contribution in [3.05, 3.63) is 94.2 Å². The fourth-order valence-electron chi connectivity index (χ4n) is 4.84. The highest BCUT2D eigenvalue weighted by Crippen LogP contribution is 2.40. The maximum Gasteiger partial charge on any atom is 0.255 e. The van der Waals surface area contributed by atoms with Crippen molar-refractivity contribution in [2.24, 2.45) is 0 Å². The Morgan fingerprint density at radius 3 is 2.39 bits per heavy atom. The summed E-state index contributed by atoms with van der Waals surface area (Å²) in [4.78, 5) is 18.6. The molecule has 0 aliphatic carbocycles. The summed E-state index contributed by atoms with van der Waals surface area (Å²) < 4.78 is 18.1. The highest BCUT2D eigenvalue weighted by atomic mass is 32.2. The molecule has 2 N–H and O–H groups in total. The summed E-state index contributed by atoms with van der Waals surface area (Å²) in [6.45, 7) is 6.08. The molecule has 10 heteroatoms. The summed E-state index contributed by atoms with van der Waals surface area (Å²) in [7, 11) is 4.78. The lowest BCUT2D eigenvalue weighted by Gasteiger charge is -2.29. The maximum atomic E-state index is 13.8. The zero-order valence-electron chi connectivity index (χ0n) is 23.9. The van der Waals surface area contributed by atoms with Crippen LogP contribution in [-0.2, 0) is 10.5 Å². The molecule has 0 spiro atoms. The van der Waals surface area contributed by atoms with Crippen LogP contribution in [0.2, 0.25) is 0 Å². The third kappa shape index (κ3) is 5.88. The third-order valence-electron chi connectivity index (χ3n) is 7.00. The predicted octanol–water partition coefficient (Wildman–Crippen LogP) is 6.14. The number of methoxy groups -OCH3 is 3. The molecule has 3 aromatic carbocycles. The van der Waals surface area contributed by atoms with Gasteiger partial charge in [-0.3, -0.25) is 4.79 Å². The smallest absolute Gasteiger partial charge is 0.255 e. The molecule has 0 saturated heterocycles. The van der Waals surface area contributed by atoms with Crippen molar-refractivity contribution in [3.8, 4) is 17.2 Å². The van der Waals surface area contributed by atoms with E-state index in [1.807, 2.05) is 25.1 Å². The molecule has 1 atom stereocenters. The molecule has 4 aromatic rings. The third-order valence-corrected chi connectivity index (χ3v) is 7.89. The fourth-order valence-corrected chi connectivity index (χ4v) is 5.75. The molecule has 2 heterocycles. The van der Waals surface area contributed by atoms with Gasteiger partial charge in [-0.2, -0.15) is 4.98 Å². The van der Waals surface area contributed by atoms with E-state index in [0.29, 0.717) is 45.3 Å². The Morgan fingerprint density at radius 2 is 1.71 bits per heavy atom. The molecule has 0 unspecified atom stereocenters. The van der Waals surface area contributed by atoms with Gasteiger partial charge in [-0.05, 0) is 73.9 Å². The number of nitrogens with one attached hydrogen (secondary N) is 2. The van der Waals surface area contributed by atoms with Gasteiger partial charge in [-0.1, -0.05) is 41.6 Å². The second kappa shape index (κ2) is 12.0. The minimum Gasteiger partial charge on any atom is -0.497 e. The van der Waals surface area contributed by atoms with Crippen LogP contribution < -0.4 is 24.8 Å². The summed E-state index contributed by atoms with van der Waals surface area (Å²) in [5.74, 6) is 2.89. The van der Waals surface area contributed by atoms with Crippen LogP contribution in [0.1, 0.15) is 35.2 Å². The second-order valence-electron chi connectivity index (χ2n) is 9.74. The number of rotatable bonds is 9. The minimum atomic E-state index is -0.563. The predicted molar refractivity (Wildman–Crippen MR) is 161 cm³/mol. The van der Waals surface area contributed by atoms with Crippen LogP contribution in [0.25, 0.3) is 0 Å². The van der Waals surface area contributed by atoms with Crippen molar-refractivity contribution in [3.63, 3.8) is 0 Å². The number of anilines is 2. The number of carbonyl (C=O) groups excluding carboxylic acids is 1. The average Bonchev–Trinajstić information content (AvgIpc) is 3.38. The lowest BCUT2D eigenvalue weighted by Crippen LogP contribution is -2.31. The molecule has 41 heavy (non-hydrogen) atoms. The van der Waals surface area contributed by atoms with Gasteiger partial charge in [0.1, 0.15) is 11.8 Å². The number of carbonyl (C=O) groups is 1. The van der Waals surface area contributed by atoms with Crippen molar-refractivity contribution >= 4 is 29.3 Å². The summed E-state index contributed by atoms with van der Waals surface area (Å²) in [6.07, 6.45) is 0. The Morgan fingerprint density at radius 1 is 0.951 bits per heavy atom. The Bertz CT molecular complexity index is 1610. The van der Waals surface area contributed by atoms with Crippen LogP contribution in [0, 0.1) is 13.8 Å². The number of hydrogen-bond donors (Lipinski definition) is 2. The SMILES string of the molecule is COc1ccc(NC(=O)C2=C(C)Nc3nc(SCc4ccc(C)cc4C)nn3[C@H]2c2ccc(OC)c(OC)c2)cc1. The number of fused-ring (bicyclic) bond motifs is 1. The minimum absolute atomic E-state index is 0.259. The Balaban J connectivity index is 1.51. The van der Waals surface area contributed by atoms with E-state index >= 15 is 0 Å². The van der Waals surface area contributed by atoms with E-state index in [2.05, 4.69) is 42.7 Å². The lowest BCUT2D eigenvalue weighted by molar-refractivity contribution is -0.113. The van der Waals surface area contributed by atoms with Crippen molar-refractivity contribution in [2.45, 2.75) is 37.7 Å². The van der Waals surface area contributed by atoms with E-state index in [9.17, 15) is 4.79 Å². The molecule has 1 aliphatic heterocycles. The molecular weight excluding hydrogens is 538 g/mol. The van der Waals surface area contributed by atoms with Crippen molar-refractivity contribution in [2.75, 3.05) is 32.0 Å². The first kappa shape index (κ1) is 28.1. The van der Waals surface area contributed by atoms with Gasteiger partial charge in [-0.15, -0.1) is 5.10 Å². The highest BCUT2D eigenvalue weighted by Gasteiger charge is 2.35. The zero-order valence-corrected chi connectivity index (χ0v) is 24.8. The quantitative estimate of drug-likeness (QED) is 0.231. The van der Waals surface area contributed by atoms with Crippen LogP contribution in [0.5, 0.6) is 17.2 Å². The molecule has 1 aromatic heterocycles. The van der Waals surface area contributed by atoms with Gasteiger partial charge in [-0.25, -0.2) is 4.68 Å². The molecule has 0 fully saturated rings. The number of hydrogen-bond acceptors (Lipinski definition) is 8. The van der Waals surface area contributed by atoms with E-state index in [4.69, 9.17) is 24.3 Å². The number of benzene rings is 3. The average molecular weight is 572 g/mol. The largest absolute Gasteiger partial charge is 0.497 e. The number of aryl methyl sites for hydroxylation is 2. The molecule has 1 aliphatic rings. The van der Waals surface area contributed by atoms with Crippen LogP contribution in [0.15, 0.2) is 77.1 Å². The number of amides is 1. The number of aromatic nitrogens is 3. The Kier molecular flexibility index (Phi) is 8.21. The fraction of sp³-hybridized carbons (Fsp3) is 0.258. The second-order valence-corrected chi connectivity index (χ2v) is 10.7. The molecule has 212 valence electrons. The monoisotopic (exact) mass is 571 g/mol. The van der Waals surface area contributed by atoms with Gasteiger partial charge >= 0.3 is 0 Å². The molecule has 0 saturated carbocycles. The molecule has 1 amide bonds. The van der Waals surface area contributed by atoms with Gasteiger partial charge < -0.3 is 24.8 Å². The number of nitrogens with zero attached hydrogens (tertiary/aromatic N) is 3. The number of thioether (sulfide) groups is 1. The van der Waals surface area contributed by atoms with E-state index < -0.39 is 6.04 Å². The van der Waals surface area contributed by atoms with E-state index in [0.717, 1.165) is 11.3 Å². The van der Waals surface area contributed by atoms with Gasteiger partial charge in [0.2, 0.25) is 11.1 Å². The van der Waals surface area contributed by atoms with Crippen molar-refractivity contribution in [1.82, 2.24) is 14.8 Å². The molecular formula is C31H33N5O4S.